The van der Waals surface area contributed by atoms with E-state index in [2.05, 4.69) is 11.9 Å². The van der Waals surface area contributed by atoms with Crippen molar-refractivity contribution >= 4 is 18.0 Å². The van der Waals surface area contributed by atoms with Crippen molar-refractivity contribution in [2.24, 2.45) is 0 Å². The van der Waals surface area contributed by atoms with Crippen LogP contribution in [0.2, 0.25) is 0 Å². The molecule has 0 bridgehead atoms. The molecule has 0 heterocycles. The van der Waals surface area contributed by atoms with Gasteiger partial charge in [-0.25, -0.2) is 4.79 Å². The second kappa shape index (κ2) is 11.1. The molecule has 160 valence electrons. The van der Waals surface area contributed by atoms with Crippen molar-refractivity contribution in [1.82, 2.24) is 5.32 Å². The monoisotopic (exact) mass is 422 g/mol. The summed E-state index contributed by atoms with van der Waals surface area (Å²) in [6.45, 7) is 3.75. The number of carbonyl (C=O) groups is 2. The Morgan fingerprint density at radius 3 is 2.23 bits per heavy atom. The molecule has 1 amide bonds. The molecule has 31 heavy (non-hydrogen) atoms. The van der Waals surface area contributed by atoms with Crippen LogP contribution in [0.25, 0.3) is 6.08 Å². The fraction of sp³-hybridized carbons (Fsp3) is 0.174. The maximum Gasteiger partial charge on any atom is 0.351 e. The first kappa shape index (κ1) is 23.0. The molecular weight excluding hydrogens is 400 g/mol. The number of esters is 1. The Morgan fingerprint density at radius 2 is 1.68 bits per heavy atom. The van der Waals surface area contributed by atoms with Crippen molar-refractivity contribution in [3.8, 4) is 29.1 Å². The van der Waals surface area contributed by atoms with Crippen molar-refractivity contribution in [3.63, 3.8) is 0 Å². The minimum atomic E-state index is -0.697. The summed E-state index contributed by atoms with van der Waals surface area (Å²) < 4.78 is 21.3. The highest BCUT2D eigenvalue weighted by Gasteiger charge is 2.22. The van der Waals surface area contributed by atoms with Crippen LogP contribution in [0.15, 0.2) is 54.6 Å². The van der Waals surface area contributed by atoms with E-state index in [1.54, 1.807) is 30.3 Å². The summed E-state index contributed by atoms with van der Waals surface area (Å²) in [5, 5.41) is 11.8. The number of hydrogen-bond acceptors (Lipinski definition) is 7. The first-order valence-corrected chi connectivity index (χ1v) is 9.11. The third-order valence-electron chi connectivity index (χ3n) is 4.11. The van der Waals surface area contributed by atoms with E-state index in [0.717, 1.165) is 0 Å². The molecule has 0 saturated carbocycles. The summed E-state index contributed by atoms with van der Waals surface area (Å²) in [6.07, 6.45) is 2.91. The lowest BCUT2D eigenvalue weighted by Crippen LogP contribution is -2.24. The normalized spacial score (nSPS) is 10.5. The Balaban J connectivity index is 2.34. The maximum atomic E-state index is 12.8. The van der Waals surface area contributed by atoms with Crippen LogP contribution in [-0.4, -0.2) is 39.8 Å². The average Bonchev–Trinajstić information content (AvgIpc) is 2.80. The Kier molecular flexibility index (Phi) is 8.22. The third-order valence-corrected chi connectivity index (χ3v) is 4.11. The molecule has 2 rings (SSSR count). The number of rotatable bonds is 9. The topological polar surface area (TPSA) is 107 Å². The number of amides is 1. The zero-order valence-electron chi connectivity index (χ0n) is 17.4. The van der Waals surface area contributed by atoms with Gasteiger partial charge in [-0.05, 0) is 35.9 Å². The smallest absolute Gasteiger partial charge is 0.351 e. The van der Waals surface area contributed by atoms with Crippen LogP contribution in [0.5, 0.6) is 23.0 Å². The molecule has 0 unspecified atom stereocenters. The SMILES string of the molecule is C=CCNC(=O)/C(C#N)=C/c1ccc(OC(=O)c2c(OC)cccc2OC)c(OC)c1. The molecule has 0 aliphatic heterocycles. The van der Waals surface area contributed by atoms with E-state index < -0.39 is 11.9 Å². The lowest BCUT2D eigenvalue weighted by molar-refractivity contribution is -0.116. The number of ether oxygens (including phenoxy) is 4. The van der Waals surface area contributed by atoms with Crippen molar-refractivity contribution < 1.29 is 28.5 Å². The Bertz CT molecular complexity index is 1030. The van der Waals surface area contributed by atoms with Gasteiger partial charge in [-0.1, -0.05) is 18.2 Å². The number of methoxy groups -OCH3 is 3. The fourth-order valence-electron chi connectivity index (χ4n) is 2.64. The van der Waals surface area contributed by atoms with Crippen molar-refractivity contribution in [2.75, 3.05) is 27.9 Å². The molecule has 0 aliphatic carbocycles. The van der Waals surface area contributed by atoms with Gasteiger partial charge in [0.25, 0.3) is 5.91 Å². The number of nitriles is 1. The van der Waals surface area contributed by atoms with Gasteiger partial charge in [0.05, 0.1) is 21.3 Å². The molecule has 0 saturated heterocycles. The highest BCUT2D eigenvalue weighted by Crippen LogP contribution is 2.33. The predicted molar refractivity (Wildman–Crippen MR) is 114 cm³/mol. The van der Waals surface area contributed by atoms with Gasteiger partial charge in [0, 0.05) is 6.54 Å². The second-order valence-electron chi connectivity index (χ2n) is 6.01. The van der Waals surface area contributed by atoms with Crippen LogP contribution in [0, 0.1) is 11.3 Å². The molecule has 0 aliphatic rings. The third kappa shape index (κ3) is 5.64. The quantitative estimate of drug-likeness (QED) is 0.217. The van der Waals surface area contributed by atoms with Gasteiger partial charge in [-0.3, -0.25) is 4.79 Å². The molecule has 1 N–H and O–H groups in total. The number of benzene rings is 2. The summed E-state index contributed by atoms with van der Waals surface area (Å²) in [5.41, 5.74) is 0.549. The maximum absolute atomic E-state index is 12.8. The van der Waals surface area contributed by atoms with Crippen LogP contribution >= 0.6 is 0 Å². The summed E-state index contributed by atoms with van der Waals surface area (Å²) in [5.74, 6) is -0.247. The second-order valence-corrected chi connectivity index (χ2v) is 6.01. The van der Waals surface area contributed by atoms with E-state index in [0.29, 0.717) is 17.1 Å². The number of nitrogens with zero attached hydrogens (tertiary/aromatic N) is 1. The molecule has 0 fully saturated rings. The summed E-state index contributed by atoms with van der Waals surface area (Å²) in [4.78, 5) is 24.8. The highest BCUT2D eigenvalue weighted by molar-refractivity contribution is 6.02. The molecule has 2 aromatic carbocycles. The molecule has 2 aromatic rings. The highest BCUT2D eigenvalue weighted by atomic mass is 16.6. The Hall–Kier alpha value is -4.25. The van der Waals surface area contributed by atoms with Crippen LogP contribution in [-0.2, 0) is 4.79 Å². The predicted octanol–water partition coefficient (Wildman–Crippen LogP) is 3.14. The van der Waals surface area contributed by atoms with Gasteiger partial charge >= 0.3 is 5.97 Å². The standard InChI is InChI=1S/C23H22N2O6/c1-5-11-25-22(26)16(14-24)12-15-9-10-17(20(13-15)30-4)31-23(27)21-18(28-2)7-6-8-19(21)29-3/h5-10,12-13H,1,11H2,2-4H3,(H,25,26)/b16-12+. The van der Waals surface area contributed by atoms with E-state index in [1.165, 1.54) is 39.5 Å². The Morgan fingerprint density at radius 1 is 1.03 bits per heavy atom. The van der Waals surface area contributed by atoms with Crippen molar-refractivity contribution in [1.29, 1.82) is 5.26 Å². The molecule has 0 spiro atoms. The number of nitrogens with one attached hydrogen (secondary N) is 1. The summed E-state index contributed by atoms with van der Waals surface area (Å²) >= 11 is 0. The van der Waals surface area contributed by atoms with Gasteiger partial charge in [-0.15, -0.1) is 6.58 Å². The first-order valence-electron chi connectivity index (χ1n) is 9.11. The minimum Gasteiger partial charge on any atom is -0.496 e. The lowest BCUT2D eigenvalue weighted by atomic mass is 10.1. The first-order chi connectivity index (χ1) is 15.0. The van der Waals surface area contributed by atoms with Crippen LogP contribution in [0.4, 0.5) is 0 Å². The van der Waals surface area contributed by atoms with E-state index >= 15 is 0 Å². The van der Waals surface area contributed by atoms with Crippen molar-refractivity contribution in [2.45, 2.75) is 0 Å². The van der Waals surface area contributed by atoms with Crippen LogP contribution in [0.3, 0.4) is 0 Å². The zero-order chi connectivity index (χ0) is 22.8. The molecular formula is C23H22N2O6. The van der Waals surface area contributed by atoms with Crippen LogP contribution < -0.4 is 24.3 Å². The molecule has 8 nitrogen and oxygen atoms in total. The van der Waals surface area contributed by atoms with Gasteiger partial charge < -0.3 is 24.3 Å². The van der Waals surface area contributed by atoms with Gasteiger partial charge in [-0.2, -0.15) is 5.26 Å². The molecule has 0 aromatic heterocycles. The minimum absolute atomic E-state index is 0.0904. The van der Waals surface area contributed by atoms with E-state index in [4.69, 9.17) is 18.9 Å². The van der Waals surface area contributed by atoms with Gasteiger partial charge in [0.15, 0.2) is 11.5 Å². The molecule has 0 atom stereocenters. The van der Waals surface area contributed by atoms with Crippen LogP contribution in [0.1, 0.15) is 15.9 Å². The van der Waals surface area contributed by atoms with Gasteiger partial charge in [0.1, 0.15) is 28.7 Å². The molecule has 8 heteroatoms. The number of carbonyl (C=O) groups excluding carboxylic acids is 2. The van der Waals surface area contributed by atoms with E-state index in [-0.39, 0.29) is 29.2 Å². The van der Waals surface area contributed by atoms with Gasteiger partial charge in [0.2, 0.25) is 0 Å². The van der Waals surface area contributed by atoms with E-state index in [1.807, 2.05) is 6.07 Å². The molecule has 0 radical (unpaired) electrons. The summed E-state index contributed by atoms with van der Waals surface area (Å²) in [7, 11) is 4.28. The number of hydrogen-bond donors (Lipinski definition) is 1. The zero-order valence-corrected chi connectivity index (χ0v) is 17.4. The van der Waals surface area contributed by atoms with E-state index in [9.17, 15) is 14.9 Å². The lowest BCUT2D eigenvalue weighted by Gasteiger charge is -2.14. The largest absolute Gasteiger partial charge is 0.496 e. The average molecular weight is 422 g/mol. The fourth-order valence-corrected chi connectivity index (χ4v) is 2.64. The van der Waals surface area contributed by atoms with Crippen molar-refractivity contribution in [3.05, 3.63) is 65.8 Å². The Labute approximate surface area is 180 Å². The summed E-state index contributed by atoms with van der Waals surface area (Å²) in [6, 6.07) is 11.4.